The van der Waals surface area contributed by atoms with Crippen molar-refractivity contribution in [3.05, 3.63) is 53.9 Å². The quantitative estimate of drug-likeness (QED) is 0.788. The number of anilines is 1. The van der Waals surface area contributed by atoms with E-state index in [0.717, 1.165) is 17.4 Å². The summed E-state index contributed by atoms with van der Waals surface area (Å²) < 4.78 is 26.9. The molecule has 0 saturated carbocycles. The highest BCUT2D eigenvalue weighted by atomic mass is 32.1. The van der Waals surface area contributed by atoms with E-state index in [0.29, 0.717) is 10.3 Å². The minimum absolute atomic E-state index is 0.0430. The van der Waals surface area contributed by atoms with E-state index in [-0.39, 0.29) is 16.6 Å². The number of nitrogens with zero attached hydrogens (tertiary/aromatic N) is 2. The lowest BCUT2D eigenvalue weighted by Gasteiger charge is -1.99. The Labute approximate surface area is 116 Å². The van der Waals surface area contributed by atoms with Gasteiger partial charge in [0.1, 0.15) is 11.3 Å². The molecule has 0 fully saturated rings. The van der Waals surface area contributed by atoms with Gasteiger partial charge in [0.2, 0.25) is 0 Å². The summed E-state index contributed by atoms with van der Waals surface area (Å²) in [5.74, 6) is -1.81. The van der Waals surface area contributed by atoms with Crippen LogP contribution in [-0.2, 0) is 0 Å². The molecular weight excluding hydrogens is 284 g/mol. The summed E-state index contributed by atoms with van der Waals surface area (Å²) in [6, 6.07) is 5.03. The third-order valence-electron chi connectivity index (χ3n) is 2.58. The second-order valence-electron chi connectivity index (χ2n) is 3.94. The fraction of sp³-hybridized carbons (Fsp3) is 0. The first-order valence-electron chi connectivity index (χ1n) is 5.60. The molecule has 0 saturated heterocycles. The number of halogens is 2. The van der Waals surface area contributed by atoms with Crippen molar-refractivity contribution < 1.29 is 13.6 Å². The Morgan fingerprint density at radius 3 is 2.70 bits per heavy atom. The van der Waals surface area contributed by atoms with Crippen LogP contribution in [0.4, 0.5) is 13.9 Å². The Balaban J connectivity index is 1.92. The van der Waals surface area contributed by atoms with E-state index < -0.39 is 11.6 Å². The average Bonchev–Trinajstić information content (AvgIpc) is 2.82. The molecule has 0 aliphatic carbocycles. The van der Waals surface area contributed by atoms with Crippen LogP contribution in [0, 0.1) is 11.6 Å². The maximum Gasteiger partial charge on any atom is 0.257 e. The average molecular weight is 291 g/mol. The van der Waals surface area contributed by atoms with Crippen LogP contribution >= 0.6 is 11.3 Å². The van der Waals surface area contributed by atoms with Gasteiger partial charge in [-0.2, -0.15) is 0 Å². The van der Waals surface area contributed by atoms with Crippen LogP contribution in [0.15, 0.2) is 36.7 Å². The molecule has 100 valence electrons. The number of hydrogen-bond acceptors (Lipinski definition) is 4. The van der Waals surface area contributed by atoms with E-state index in [9.17, 15) is 13.6 Å². The molecule has 4 nitrogen and oxygen atoms in total. The highest BCUT2D eigenvalue weighted by Crippen LogP contribution is 2.28. The molecule has 0 atom stereocenters. The highest BCUT2D eigenvalue weighted by molar-refractivity contribution is 7.22. The second kappa shape index (κ2) is 4.93. The number of carbonyl (C=O) groups is 1. The molecule has 1 N–H and O–H groups in total. The van der Waals surface area contributed by atoms with Gasteiger partial charge >= 0.3 is 0 Å². The SMILES string of the molecule is O=C(Nc1nc2c(F)cc(F)cc2s1)c1ccncc1. The number of aromatic nitrogens is 2. The topological polar surface area (TPSA) is 54.9 Å². The van der Waals surface area contributed by atoms with Crippen LogP contribution in [0.5, 0.6) is 0 Å². The lowest BCUT2D eigenvalue weighted by molar-refractivity contribution is 0.102. The van der Waals surface area contributed by atoms with Crippen molar-refractivity contribution in [2.24, 2.45) is 0 Å². The number of pyridine rings is 1. The number of benzene rings is 1. The number of rotatable bonds is 2. The van der Waals surface area contributed by atoms with E-state index in [1.165, 1.54) is 18.5 Å². The zero-order valence-corrected chi connectivity index (χ0v) is 10.7. The first-order chi connectivity index (χ1) is 9.63. The van der Waals surface area contributed by atoms with Crippen molar-refractivity contribution in [3.8, 4) is 0 Å². The van der Waals surface area contributed by atoms with Gasteiger partial charge in [-0.05, 0) is 18.2 Å². The maximum atomic E-state index is 13.5. The third-order valence-corrected chi connectivity index (χ3v) is 3.49. The van der Waals surface area contributed by atoms with Crippen molar-refractivity contribution in [2.75, 3.05) is 5.32 Å². The molecule has 7 heteroatoms. The van der Waals surface area contributed by atoms with E-state index in [1.807, 2.05) is 0 Å². The molecule has 0 aliphatic rings. The largest absolute Gasteiger partial charge is 0.298 e. The summed E-state index contributed by atoms with van der Waals surface area (Å²) >= 11 is 1.01. The molecule has 3 aromatic rings. The van der Waals surface area contributed by atoms with E-state index in [4.69, 9.17) is 0 Å². The molecule has 2 heterocycles. The smallest absolute Gasteiger partial charge is 0.257 e. The summed E-state index contributed by atoms with van der Waals surface area (Å²) in [4.78, 5) is 19.7. The van der Waals surface area contributed by atoms with Crippen LogP contribution in [0.2, 0.25) is 0 Å². The standard InChI is InChI=1S/C13H7F2N3OS/c14-8-5-9(15)11-10(6-8)20-13(17-11)18-12(19)7-1-3-16-4-2-7/h1-6H,(H,17,18,19). The molecule has 0 aliphatic heterocycles. The molecular formula is C13H7F2N3OS. The number of fused-ring (bicyclic) bond motifs is 1. The second-order valence-corrected chi connectivity index (χ2v) is 4.97. The fourth-order valence-corrected chi connectivity index (χ4v) is 2.58. The first kappa shape index (κ1) is 12.6. The molecule has 1 aromatic carbocycles. The lowest BCUT2D eigenvalue weighted by atomic mass is 10.2. The van der Waals surface area contributed by atoms with Gasteiger partial charge in [-0.25, -0.2) is 13.8 Å². The summed E-state index contributed by atoms with van der Waals surface area (Å²) in [5, 5.41) is 2.76. The van der Waals surface area contributed by atoms with Crippen LogP contribution in [-0.4, -0.2) is 15.9 Å². The maximum absolute atomic E-state index is 13.5. The van der Waals surface area contributed by atoms with Gasteiger partial charge in [-0.3, -0.25) is 15.1 Å². The zero-order chi connectivity index (χ0) is 14.1. The monoisotopic (exact) mass is 291 g/mol. The normalized spacial score (nSPS) is 10.7. The molecule has 3 rings (SSSR count). The molecule has 1 amide bonds. The third kappa shape index (κ3) is 2.35. The number of nitrogens with one attached hydrogen (secondary N) is 1. The molecule has 20 heavy (non-hydrogen) atoms. The van der Waals surface area contributed by atoms with Crippen LogP contribution in [0.3, 0.4) is 0 Å². The van der Waals surface area contributed by atoms with Crippen molar-refractivity contribution in [1.29, 1.82) is 0 Å². The number of amides is 1. The summed E-state index contributed by atoms with van der Waals surface area (Å²) in [7, 11) is 0. The fourth-order valence-electron chi connectivity index (χ4n) is 1.68. The minimum Gasteiger partial charge on any atom is -0.298 e. The van der Waals surface area contributed by atoms with Crippen LogP contribution in [0.25, 0.3) is 10.2 Å². The Bertz CT molecular complexity index is 789. The molecule has 0 spiro atoms. The Morgan fingerprint density at radius 2 is 1.95 bits per heavy atom. The van der Waals surface area contributed by atoms with Gasteiger partial charge in [0.15, 0.2) is 10.9 Å². The summed E-state index contributed by atoms with van der Waals surface area (Å²) in [6.07, 6.45) is 2.98. The predicted molar refractivity (Wildman–Crippen MR) is 71.7 cm³/mol. The van der Waals surface area contributed by atoms with Gasteiger partial charge < -0.3 is 0 Å². The number of hydrogen-bond donors (Lipinski definition) is 1. The van der Waals surface area contributed by atoms with Crippen molar-refractivity contribution in [3.63, 3.8) is 0 Å². The minimum atomic E-state index is -0.749. The summed E-state index contributed by atoms with van der Waals surface area (Å²) in [5.41, 5.74) is 0.451. The van der Waals surface area contributed by atoms with E-state index in [1.54, 1.807) is 12.1 Å². The predicted octanol–water partition coefficient (Wildman–Crippen LogP) is 3.22. The van der Waals surface area contributed by atoms with Crippen LogP contribution in [0.1, 0.15) is 10.4 Å². The highest BCUT2D eigenvalue weighted by Gasteiger charge is 2.13. The van der Waals surface area contributed by atoms with Gasteiger partial charge in [-0.1, -0.05) is 11.3 Å². The molecule has 0 bridgehead atoms. The molecule has 0 unspecified atom stereocenters. The number of thiazole rings is 1. The molecule has 0 radical (unpaired) electrons. The number of carbonyl (C=O) groups excluding carboxylic acids is 1. The van der Waals surface area contributed by atoms with E-state index in [2.05, 4.69) is 15.3 Å². The zero-order valence-electron chi connectivity index (χ0n) is 9.93. The van der Waals surface area contributed by atoms with Crippen molar-refractivity contribution in [1.82, 2.24) is 9.97 Å². The van der Waals surface area contributed by atoms with Crippen LogP contribution < -0.4 is 5.32 Å². The van der Waals surface area contributed by atoms with Crippen molar-refractivity contribution in [2.45, 2.75) is 0 Å². The van der Waals surface area contributed by atoms with Gasteiger partial charge in [0.05, 0.1) is 4.70 Å². The molecule has 2 aromatic heterocycles. The summed E-state index contributed by atoms with van der Waals surface area (Å²) in [6.45, 7) is 0. The Kier molecular flexibility index (Phi) is 3.11. The van der Waals surface area contributed by atoms with E-state index >= 15 is 0 Å². The van der Waals surface area contributed by atoms with Gasteiger partial charge in [-0.15, -0.1) is 0 Å². The Morgan fingerprint density at radius 1 is 1.20 bits per heavy atom. The Hall–Kier alpha value is -2.41. The van der Waals surface area contributed by atoms with Gasteiger partial charge in [0, 0.05) is 24.0 Å². The van der Waals surface area contributed by atoms with Gasteiger partial charge in [0.25, 0.3) is 5.91 Å². The lowest BCUT2D eigenvalue weighted by Crippen LogP contribution is -2.11. The van der Waals surface area contributed by atoms with Crippen molar-refractivity contribution >= 4 is 32.6 Å². The first-order valence-corrected chi connectivity index (χ1v) is 6.42.